The van der Waals surface area contributed by atoms with E-state index in [0.29, 0.717) is 23.2 Å². The number of rotatable bonds is 5. The van der Waals surface area contributed by atoms with Gasteiger partial charge in [0.25, 0.3) is 0 Å². The minimum absolute atomic E-state index is 0.369. The van der Waals surface area contributed by atoms with Crippen LogP contribution in [0.3, 0.4) is 0 Å². The van der Waals surface area contributed by atoms with E-state index in [0.717, 1.165) is 24.3 Å². The second kappa shape index (κ2) is 6.93. The molecule has 1 aliphatic heterocycles. The maximum atomic E-state index is 12.6. The Balaban J connectivity index is 2.12. The van der Waals surface area contributed by atoms with Crippen LogP contribution >= 0.6 is 11.8 Å². The van der Waals surface area contributed by atoms with Crippen molar-refractivity contribution < 1.29 is 8.42 Å². The number of sulfonamides is 1. The van der Waals surface area contributed by atoms with Gasteiger partial charge in [-0.1, -0.05) is 19.1 Å². The first-order chi connectivity index (χ1) is 9.54. The van der Waals surface area contributed by atoms with Crippen molar-refractivity contribution in [3.63, 3.8) is 0 Å². The van der Waals surface area contributed by atoms with E-state index in [1.165, 1.54) is 0 Å². The summed E-state index contributed by atoms with van der Waals surface area (Å²) in [4.78, 5) is 0.407. The van der Waals surface area contributed by atoms with Gasteiger partial charge < -0.3 is 5.32 Å². The number of nitrogens with one attached hydrogen (secondary N) is 1. The van der Waals surface area contributed by atoms with E-state index in [4.69, 9.17) is 0 Å². The molecule has 0 saturated carbocycles. The highest BCUT2D eigenvalue weighted by Gasteiger charge is 2.28. The summed E-state index contributed by atoms with van der Waals surface area (Å²) in [6.07, 6.45) is 0.911. The normalized spacial score (nSPS) is 21.0. The topological polar surface area (TPSA) is 49.4 Å². The lowest BCUT2D eigenvalue weighted by Crippen LogP contribution is -2.40. The monoisotopic (exact) mass is 314 g/mol. The van der Waals surface area contributed by atoms with Gasteiger partial charge in [-0.3, -0.25) is 0 Å². The van der Waals surface area contributed by atoms with E-state index in [-0.39, 0.29) is 0 Å². The van der Waals surface area contributed by atoms with Crippen LogP contribution in [0.25, 0.3) is 0 Å². The molecule has 1 fully saturated rings. The van der Waals surface area contributed by atoms with Gasteiger partial charge in [-0.05, 0) is 37.7 Å². The van der Waals surface area contributed by atoms with Crippen molar-refractivity contribution >= 4 is 21.8 Å². The average molecular weight is 314 g/mol. The Bertz CT molecular complexity index is 529. The quantitative estimate of drug-likeness (QED) is 0.896. The standard InChI is InChI=1S/C14H22N2O2S2/c1-12-11-16(9-10-19-12)20(17,18)14-5-3-13(4-6-14)7-8-15-2/h3-6,12,15H,7-11H2,1-2H3. The smallest absolute Gasteiger partial charge is 0.243 e. The Morgan fingerprint density at radius 2 is 2.05 bits per heavy atom. The molecule has 1 heterocycles. The Morgan fingerprint density at radius 3 is 2.65 bits per heavy atom. The zero-order chi connectivity index (χ0) is 14.6. The lowest BCUT2D eigenvalue weighted by molar-refractivity contribution is 0.424. The fraction of sp³-hybridized carbons (Fsp3) is 0.571. The van der Waals surface area contributed by atoms with Crippen molar-refractivity contribution in [1.29, 1.82) is 0 Å². The fourth-order valence-corrected chi connectivity index (χ4v) is 5.00. The fourth-order valence-electron chi connectivity index (χ4n) is 2.25. The molecule has 6 heteroatoms. The number of nitrogens with zero attached hydrogens (tertiary/aromatic N) is 1. The van der Waals surface area contributed by atoms with E-state index in [1.54, 1.807) is 16.4 Å². The summed E-state index contributed by atoms with van der Waals surface area (Å²) in [5.74, 6) is 0.876. The van der Waals surface area contributed by atoms with Gasteiger partial charge in [0, 0.05) is 24.1 Å². The van der Waals surface area contributed by atoms with E-state index >= 15 is 0 Å². The van der Waals surface area contributed by atoms with Crippen LogP contribution in [0.15, 0.2) is 29.2 Å². The van der Waals surface area contributed by atoms with Gasteiger partial charge in [0.2, 0.25) is 10.0 Å². The molecule has 0 aliphatic carbocycles. The molecule has 0 amide bonds. The molecule has 2 rings (SSSR count). The van der Waals surface area contributed by atoms with Crippen molar-refractivity contribution in [2.75, 3.05) is 32.4 Å². The molecule has 0 radical (unpaired) electrons. The van der Waals surface area contributed by atoms with Gasteiger partial charge in [-0.2, -0.15) is 16.1 Å². The third kappa shape index (κ3) is 3.75. The minimum atomic E-state index is -3.33. The predicted molar refractivity (Wildman–Crippen MR) is 84.8 cm³/mol. The average Bonchev–Trinajstić information content (AvgIpc) is 2.45. The first-order valence-electron chi connectivity index (χ1n) is 6.89. The lowest BCUT2D eigenvalue weighted by atomic mass is 10.1. The van der Waals surface area contributed by atoms with Gasteiger partial charge in [0.1, 0.15) is 0 Å². The Hall–Kier alpha value is -0.560. The maximum absolute atomic E-state index is 12.6. The van der Waals surface area contributed by atoms with Crippen molar-refractivity contribution in [2.24, 2.45) is 0 Å². The van der Waals surface area contributed by atoms with E-state index < -0.39 is 10.0 Å². The first-order valence-corrected chi connectivity index (χ1v) is 9.38. The van der Waals surface area contributed by atoms with Gasteiger partial charge >= 0.3 is 0 Å². The Morgan fingerprint density at radius 1 is 1.35 bits per heavy atom. The van der Waals surface area contributed by atoms with Crippen LogP contribution < -0.4 is 5.32 Å². The highest BCUT2D eigenvalue weighted by atomic mass is 32.2. The summed E-state index contributed by atoms with van der Waals surface area (Å²) in [7, 11) is -1.42. The van der Waals surface area contributed by atoms with E-state index in [9.17, 15) is 8.42 Å². The zero-order valence-electron chi connectivity index (χ0n) is 12.0. The van der Waals surface area contributed by atoms with Gasteiger partial charge in [-0.25, -0.2) is 8.42 Å². The van der Waals surface area contributed by atoms with Gasteiger partial charge in [0.15, 0.2) is 0 Å². The molecule has 0 bridgehead atoms. The first kappa shape index (κ1) is 15.8. The van der Waals surface area contributed by atoms with E-state index in [2.05, 4.69) is 12.2 Å². The third-order valence-electron chi connectivity index (χ3n) is 3.43. The lowest BCUT2D eigenvalue weighted by Gasteiger charge is -2.29. The molecule has 1 unspecified atom stereocenters. The minimum Gasteiger partial charge on any atom is -0.319 e. The molecule has 1 aromatic rings. The summed E-state index contributed by atoms with van der Waals surface area (Å²) in [6, 6.07) is 7.28. The summed E-state index contributed by atoms with van der Waals surface area (Å²) in [5.41, 5.74) is 1.15. The summed E-state index contributed by atoms with van der Waals surface area (Å²) in [6.45, 7) is 4.19. The number of hydrogen-bond donors (Lipinski definition) is 1. The molecule has 1 saturated heterocycles. The van der Waals surface area contributed by atoms with Crippen LogP contribution in [0.1, 0.15) is 12.5 Å². The van der Waals surface area contributed by atoms with Crippen LogP contribution in [0.5, 0.6) is 0 Å². The van der Waals surface area contributed by atoms with Crippen LogP contribution in [-0.2, 0) is 16.4 Å². The number of benzene rings is 1. The molecule has 0 aromatic heterocycles. The molecule has 1 N–H and O–H groups in total. The molecule has 1 aliphatic rings. The van der Waals surface area contributed by atoms with Crippen LogP contribution in [0.4, 0.5) is 0 Å². The number of thioether (sulfide) groups is 1. The molecule has 1 aromatic carbocycles. The van der Waals surface area contributed by atoms with Crippen molar-refractivity contribution in [3.05, 3.63) is 29.8 Å². The molecule has 0 spiro atoms. The Labute approximate surface area is 126 Å². The third-order valence-corrected chi connectivity index (χ3v) is 6.44. The van der Waals surface area contributed by atoms with Crippen LogP contribution in [0.2, 0.25) is 0 Å². The van der Waals surface area contributed by atoms with Crippen molar-refractivity contribution in [2.45, 2.75) is 23.5 Å². The summed E-state index contributed by atoms with van der Waals surface area (Å²) < 4.78 is 26.7. The summed E-state index contributed by atoms with van der Waals surface area (Å²) >= 11 is 1.83. The molecular formula is C14H22N2O2S2. The Kier molecular flexibility index (Phi) is 5.49. The predicted octanol–water partition coefficient (Wildman–Crippen LogP) is 1.57. The molecule has 1 atom stereocenters. The molecule has 112 valence electrons. The molecule has 20 heavy (non-hydrogen) atoms. The second-order valence-electron chi connectivity index (χ2n) is 5.04. The van der Waals surface area contributed by atoms with Crippen LogP contribution in [-0.4, -0.2) is 50.4 Å². The maximum Gasteiger partial charge on any atom is 0.243 e. The number of likely N-dealkylation sites (N-methyl/N-ethyl adjacent to an activating group) is 1. The van der Waals surface area contributed by atoms with Crippen molar-refractivity contribution in [1.82, 2.24) is 9.62 Å². The molecular weight excluding hydrogens is 292 g/mol. The van der Waals surface area contributed by atoms with Crippen molar-refractivity contribution in [3.8, 4) is 0 Å². The highest BCUT2D eigenvalue weighted by Crippen LogP contribution is 2.24. The van der Waals surface area contributed by atoms with Gasteiger partial charge in [0.05, 0.1) is 4.90 Å². The van der Waals surface area contributed by atoms with Gasteiger partial charge in [-0.15, -0.1) is 0 Å². The van der Waals surface area contributed by atoms with Crippen LogP contribution in [0, 0.1) is 0 Å². The zero-order valence-corrected chi connectivity index (χ0v) is 13.6. The SMILES string of the molecule is CNCCc1ccc(S(=O)(=O)N2CCSC(C)C2)cc1. The second-order valence-corrected chi connectivity index (χ2v) is 8.53. The largest absolute Gasteiger partial charge is 0.319 e. The summed E-state index contributed by atoms with van der Waals surface area (Å²) in [5, 5.41) is 3.46. The van der Waals surface area contributed by atoms with E-state index in [1.807, 2.05) is 30.9 Å². The highest BCUT2D eigenvalue weighted by molar-refractivity contribution is 8.00. The molecule has 4 nitrogen and oxygen atoms in total. The number of hydrogen-bond acceptors (Lipinski definition) is 4.